The van der Waals surface area contributed by atoms with Crippen molar-refractivity contribution in [2.24, 2.45) is 0 Å². The zero-order valence-electron chi connectivity index (χ0n) is 11.9. The van der Waals surface area contributed by atoms with Crippen LogP contribution < -0.4 is 5.69 Å². The van der Waals surface area contributed by atoms with E-state index in [0.717, 1.165) is 18.7 Å². The van der Waals surface area contributed by atoms with Crippen molar-refractivity contribution in [3.8, 4) is 0 Å². The van der Waals surface area contributed by atoms with E-state index in [-0.39, 0.29) is 18.5 Å². The molecule has 2 rings (SSSR count). The number of halogens is 2. The highest BCUT2D eigenvalue weighted by Crippen LogP contribution is 2.27. The highest BCUT2D eigenvalue weighted by Gasteiger charge is 2.33. The summed E-state index contributed by atoms with van der Waals surface area (Å²) >= 11 is 1.49. The third kappa shape index (κ3) is 4.67. The average molecular weight is 318 g/mol. The van der Waals surface area contributed by atoms with Gasteiger partial charge in [-0.2, -0.15) is 0 Å². The van der Waals surface area contributed by atoms with E-state index in [1.165, 1.54) is 16.3 Å². The summed E-state index contributed by atoms with van der Waals surface area (Å²) in [5, 5.41) is 7.03. The van der Waals surface area contributed by atoms with Crippen molar-refractivity contribution >= 4 is 11.8 Å². The first kappa shape index (κ1) is 16.2. The molecule has 0 aromatic carbocycles. The molecule has 1 N–H and O–H groups in total. The zero-order chi connectivity index (χ0) is 15.3. The van der Waals surface area contributed by atoms with Crippen LogP contribution in [0, 0.1) is 0 Å². The number of thioether (sulfide) groups is 1. The molecule has 8 heteroatoms. The van der Waals surface area contributed by atoms with Gasteiger partial charge in [0.15, 0.2) is 5.16 Å². The molecule has 1 aromatic heterocycles. The number of piperidine rings is 1. The Morgan fingerprint density at radius 3 is 2.81 bits per heavy atom. The van der Waals surface area contributed by atoms with Gasteiger partial charge in [0.1, 0.15) is 0 Å². The minimum atomic E-state index is -2.49. The molecule has 0 bridgehead atoms. The summed E-state index contributed by atoms with van der Waals surface area (Å²) in [4.78, 5) is 13.5. The molecule has 118 valence electrons. The second kappa shape index (κ2) is 7.22. The maximum absolute atomic E-state index is 13.0. The number of aromatic amines is 1. The van der Waals surface area contributed by atoms with Crippen LogP contribution in [0.2, 0.25) is 0 Å². The van der Waals surface area contributed by atoms with Gasteiger partial charge in [-0.05, 0) is 13.0 Å². The molecule has 1 aromatic rings. The molecular weight excluding hydrogens is 298 g/mol. The SMILES string of the molecule is C=CCn1c(SCCCN2CCC(F)(F)CC2)n[nH]c1=O. The van der Waals surface area contributed by atoms with Crippen molar-refractivity contribution in [1.82, 2.24) is 19.7 Å². The molecule has 0 spiro atoms. The number of hydrogen-bond donors (Lipinski definition) is 1. The van der Waals surface area contributed by atoms with Crippen LogP contribution in [-0.4, -0.2) is 51.0 Å². The summed E-state index contributed by atoms with van der Waals surface area (Å²) in [7, 11) is 0. The fourth-order valence-electron chi connectivity index (χ4n) is 2.26. The quantitative estimate of drug-likeness (QED) is 0.474. The number of allylic oxidation sites excluding steroid dienone is 1. The molecule has 1 saturated heterocycles. The van der Waals surface area contributed by atoms with Crippen LogP contribution in [0.15, 0.2) is 22.6 Å². The van der Waals surface area contributed by atoms with E-state index >= 15 is 0 Å². The Morgan fingerprint density at radius 2 is 2.14 bits per heavy atom. The Morgan fingerprint density at radius 1 is 1.43 bits per heavy atom. The largest absolute Gasteiger partial charge is 0.344 e. The van der Waals surface area contributed by atoms with Crippen LogP contribution in [0.4, 0.5) is 8.78 Å². The Bertz CT molecular complexity index is 518. The van der Waals surface area contributed by atoms with Crippen LogP contribution in [0.3, 0.4) is 0 Å². The number of nitrogens with zero attached hydrogens (tertiary/aromatic N) is 3. The molecule has 1 aliphatic rings. The van der Waals surface area contributed by atoms with Gasteiger partial charge in [0, 0.05) is 38.2 Å². The van der Waals surface area contributed by atoms with Gasteiger partial charge in [0.25, 0.3) is 5.92 Å². The lowest BCUT2D eigenvalue weighted by Crippen LogP contribution is -2.39. The van der Waals surface area contributed by atoms with Gasteiger partial charge in [-0.15, -0.1) is 11.7 Å². The highest BCUT2D eigenvalue weighted by molar-refractivity contribution is 7.99. The molecule has 2 heterocycles. The van der Waals surface area contributed by atoms with Crippen LogP contribution in [0.5, 0.6) is 0 Å². The Kier molecular flexibility index (Phi) is 5.58. The van der Waals surface area contributed by atoms with Crippen molar-refractivity contribution < 1.29 is 8.78 Å². The van der Waals surface area contributed by atoms with Gasteiger partial charge in [0.05, 0.1) is 0 Å². The van der Waals surface area contributed by atoms with E-state index in [1.807, 2.05) is 0 Å². The topological polar surface area (TPSA) is 53.9 Å². The predicted molar refractivity (Wildman–Crippen MR) is 79.0 cm³/mol. The lowest BCUT2D eigenvalue weighted by atomic mass is 10.1. The average Bonchev–Trinajstić information content (AvgIpc) is 2.78. The number of likely N-dealkylation sites (tertiary alicyclic amines) is 1. The van der Waals surface area contributed by atoms with Gasteiger partial charge in [-0.1, -0.05) is 17.8 Å². The van der Waals surface area contributed by atoms with Crippen molar-refractivity contribution in [3.63, 3.8) is 0 Å². The van der Waals surface area contributed by atoms with E-state index in [1.54, 1.807) is 6.08 Å². The molecule has 0 unspecified atom stereocenters. The molecule has 0 atom stereocenters. The molecular formula is C13H20F2N4OS. The van der Waals surface area contributed by atoms with Gasteiger partial charge in [-0.3, -0.25) is 4.57 Å². The third-order valence-corrected chi connectivity index (χ3v) is 4.54. The normalized spacial score (nSPS) is 18.8. The van der Waals surface area contributed by atoms with E-state index in [2.05, 4.69) is 21.7 Å². The van der Waals surface area contributed by atoms with Crippen molar-refractivity contribution in [2.75, 3.05) is 25.4 Å². The van der Waals surface area contributed by atoms with Crippen molar-refractivity contribution in [2.45, 2.75) is 36.9 Å². The fourth-order valence-corrected chi connectivity index (χ4v) is 3.14. The lowest BCUT2D eigenvalue weighted by Gasteiger charge is -2.31. The van der Waals surface area contributed by atoms with E-state index in [4.69, 9.17) is 0 Å². The molecule has 21 heavy (non-hydrogen) atoms. The Labute approximate surface area is 126 Å². The van der Waals surface area contributed by atoms with Gasteiger partial charge < -0.3 is 4.90 Å². The minimum absolute atomic E-state index is 0.0433. The van der Waals surface area contributed by atoms with Gasteiger partial charge in [-0.25, -0.2) is 18.7 Å². The van der Waals surface area contributed by atoms with E-state index < -0.39 is 5.92 Å². The number of H-pyrrole nitrogens is 1. The lowest BCUT2D eigenvalue weighted by molar-refractivity contribution is -0.0549. The van der Waals surface area contributed by atoms with Gasteiger partial charge >= 0.3 is 5.69 Å². The molecule has 0 amide bonds. The van der Waals surface area contributed by atoms with Crippen LogP contribution in [0.1, 0.15) is 19.3 Å². The summed E-state index contributed by atoms with van der Waals surface area (Å²) in [6.45, 7) is 5.76. The Hall–Kier alpha value is -1.15. The summed E-state index contributed by atoms with van der Waals surface area (Å²) in [6.07, 6.45) is 2.44. The number of nitrogens with one attached hydrogen (secondary N) is 1. The monoisotopic (exact) mass is 318 g/mol. The standard InChI is InChI=1S/C13H20F2N4OS/c1-2-6-19-11(20)16-17-12(19)21-10-3-7-18-8-4-13(14,15)5-9-18/h2H,1,3-10H2,(H,16,20). The smallest absolute Gasteiger partial charge is 0.303 e. The number of aromatic nitrogens is 3. The van der Waals surface area contributed by atoms with Crippen molar-refractivity contribution in [3.05, 3.63) is 23.1 Å². The predicted octanol–water partition coefficient (Wildman–Crippen LogP) is 1.97. The third-order valence-electron chi connectivity index (χ3n) is 3.47. The number of rotatable bonds is 7. The van der Waals surface area contributed by atoms with Crippen LogP contribution >= 0.6 is 11.8 Å². The van der Waals surface area contributed by atoms with Crippen molar-refractivity contribution in [1.29, 1.82) is 0 Å². The maximum Gasteiger partial charge on any atom is 0.344 e. The summed E-state index contributed by atoms with van der Waals surface area (Å²) in [5.74, 6) is -1.69. The first-order valence-corrected chi connectivity index (χ1v) is 7.99. The van der Waals surface area contributed by atoms with E-state index in [9.17, 15) is 13.6 Å². The molecule has 5 nitrogen and oxygen atoms in total. The summed E-state index contributed by atoms with van der Waals surface area (Å²) < 4.78 is 27.6. The summed E-state index contributed by atoms with van der Waals surface area (Å²) in [6, 6.07) is 0. The zero-order valence-corrected chi connectivity index (χ0v) is 12.7. The minimum Gasteiger partial charge on any atom is -0.303 e. The Balaban J connectivity index is 1.71. The van der Waals surface area contributed by atoms with Crippen LogP contribution in [0.25, 0.3) is 0 Å². The molecule has 1 aliphatic heterocycles. The second-order valence-electron chi connectivity index (χ2n) is 5.11. The first-order chi connectivity index (χ1) is 10.0. The molecule has 0 saturated carbocycles. The molecule has 0 aliphatic carbocycles. The van der Waals surface area contributed by atoms with E-state index in [0.29, 0.717) is 24.8 Å². The van der Waals surface area contributed by atoms with Gasteiger partial charge in [0.2, 0.25) is 0 Å². The number of hydrogen-bond acceptors (Lipinski definition) is 4. The first-order valence-electron chi connectivity index (χ1n) is 7.01. The maximum atomic E-state index is 13.0. The molecule has 0 radical (unpaired) electrons. The second-order valence-corrected chi connectivity index (χ2v) is 6.17. The molecule has 1 fully saturated rings. The fraction of sp³-hybridized carbons (Fsp3) is 0.692. The summed E-state index contributed by atoms with van der Waals surface area (Å²) in [5.41, 5.74) is -0.240. The van der Waals surface area contributed by atoms with Crippen LogP contribution in [-0.2, 0) is 6.54 Å². The highest BCUT2D eigenvalue weighted by atomic mass is 32.2. The number of alkyl halides is 2.